The zero-order valence-electron chi connectivity index (χ0n) is 11.2. The van der Waals surface area contributed by atoms with E-state index in [0.717, 1.165) is 0 Å². The Morgan fingerprint density at radius 3 is 2.67 bits per heavy atom. The Balaban J connectivity index is 2.66. The summed E-state index contributed by atoms with van der Waals surface area (Å²) in [5.41, 5.74) is 0. The van der Waals surface area contributed by atoms with Crippen LogP contribution < -0.4 is 5.32 Å². The van der Waals surface area contributed by atoms with E-state index in [-0.39, 0.29) is 24.4 Å². The highest BCUT2D eigenvalue weighted by Crippen LogP contribution is 2.14. The van der Waals surface area contributed by atoms with E-state index < -0.39 is 12.0 Å². The molecule has 0 saturated carbocycles. The third-order valence-electron chi connectivity index (χ3n) is 2.94. The highest BCUT2D eigenvalue weighted by molar-refractivity contribution is 5.82. The highest BCUT2D eigenvalue weighted by atomic mass is 16.5. The zero-order chi connectivity index (χ0) is 13.7. The Morgan fingerprint density at radius 2 is 2.11 bits per heavy atom. The molecule has 0 aliphatic carbocycles. The van der Waals surface area contributed by atoms with Gasteiger partial charge in [-0.15, -0.1) is 0 Å². The summed E-state index contributed by atoms with van der Waals surface area (Å²) < 4.78 is 5.32. The van der Waals surface area contributed by atoms with Gasteiger partial charge in [-0.3, -0.25) is 14.5 Å². The molecule has 1 aliphatic rings. The number of ether oxygens (including phenoxy) is 1. The normalized spacial score (nSPS) is 22.8. The third-order valence-corrected chi connectivity index (χ3v) is 2.94. The van der Waals surface area contributed by atoms with Gasteiger partial charge in [0.1, 0.15) is 6.04 Å². The molecule has 0 aromatic rings. The molecular weight excluding hydrogens is 236 g/mol. The van der Waals surface area contributed by atoms with Crippen LogP contribution in [0.4, 0.5) is 0 Å². The second-order valence-electron chi connectivity index (χ2n) is 4.94. The van der Waals surface area contributed by atoms with E-state index in [9.17, 15) is 9.59 Å². The van der Waals surface area contributed by atoms with Gasteiger partial charge >= 0.3 is 5.97 Å². The van der Waals surface area contributed by atoms with Crippen LogP contribution in [0.3, 0.4) is 0 Å². The van der Waals surface area contributed by atoms with Crippen molar-refractivity contribution in [1.82, 2.24) is 10.2 Å². The number of aliphatic carboxylic acids is 1. The quantitative estimate of drug-likeness (QED) is 0.730. The van der Waals surface area contributed by atoms with Crippen LogP contribution in [0.2, 0.25) is 0 Å². The van der Waals surface area contributed by atoms with Gasteiger partial charge in [-0.1, -0.05) is 0 Å². The molecule has 2 atom stereocenters. The fourth-order valence-corrected chi connectivity index (χ4v) is 2.12. The molecule has 1 rings (SSSR count). The minimum atomic E-state index is -0.850. The lowest BCUT2D eigenvalue weighted by Crippen LogP contribution is -2.57. The van der Waals surface area contributed by atoms with Crippen molar-refractivity contribution in [3.8, 4) is 0 Å². The Bertz CT molecular complexity index is 306. The van der Waals surface area contributed by atoms with E-state index >= 15 is 0 Å². The summed E-state index contributed by atoms with van der Waals surface area (Å²) in [4.78, 5) is 24.7. The van der Waals surface area contributed by atoms with Crippen molar-refractivity contribution >= 4 is 11.9 Å². The maximum Gasteiger partial charge on any atom is 0.304 e. The molecule has 104 valence electrons. The molecule has 1 aliphatic heterocycles. The Morgan fingerprint density at radius 1 is 1.44 bits per heavy atom. The molecule has 6 nitrogen and oxygen atoms in total. The van der Waals surface area contributed by atoms with Crippen LogP contribution in [0.25, 0.3) is 0 Å². The van der Waals surface area contributed by atoms with Crippen molar-refractivity contribution in [2.75, 3.05) is 19.8 Å². The van der Waals surface area contributed by atoms with Gasteiger partial charge in [0, 0.05) is 18.6 Å². The topological polar surface area (TPSA) is 78.9 Å². The van der Waals surface area contributed by atoms with Crippen LogP contribution in [0.1, 0.15) is 27.2 Å². The van der Waals surface area contributed by atoms with E-state index in [1.54, 1.807) is 0 Å². The fraction of sp³-hybridized carbons (Fsp3) is 0.833. The predicted octanol–water partition coefficient (Wildman–Crippen LogP) is 0.0750. The summed E-state index contributed by atoms with van der Waals surface area (Å²) >= 11 is 0. The number of nitrogens with one attached hydrogen (secondary N) is 1. The van der Waals surface area contributed by atoms with Crippen LogP contribution in [-0.2, 0) is 14.3 Å². The molecule has 2 N–H and O–H groups in total. The number of amides is 1. The van der Waals surface area contributed by atoms with Gasteiger partial charge in [-0.05, 0) is 20.8 Å². The lowest BCUT2D eigenvalue weighted by atomic mass is 10.1. The van der Waals surface area contributed by atoms with Gasteiger partial charge in [0.05, 0.1) is 19.6 Å². The molecule has 0 aromatic heterocycles. The molecular formula is C12H22N2O4. The van der Waals surface area contributed by atoms with E-state index in [2.05, 4.69) is 5.32 Å². The number of rotatable bonds is 5. The summed E-state index contributed by atoms with van der Waals surface area (Å²) in [6, 6.07) is -0.499. The Kier molecular flexibility index (Phi) is 5.55. The van der Waals surface area contributed by atoms with Crippen molar-refractivity contribution < 1.29 is 19.4 Å². The first-order valence-corrected chi connectivity index (χ1v) is 6.27. The maximum absolute atomic E-state index is 12.0. The molecule has 1 saturated heterocycles. The molecule has 0 bridgehead atoms. The minimum absolute atomic E-state index is 0.0332. The number of carboxylic acid groups (broad SMARTS) is 1. The number of hydrogen-bond donors (Lipinski definition) is 2. The summed E-state index contributed by atoms with van der Waals surface area (Å²) in [5, 5.41) is 11.7. The van der Waals surface area contributed by atoms with Crippen molar-refractivity contribution in [2.45, 2.75) is 45.3 Å². The van der Waals surface area contributed by atoms with E-state index in [0.29, 0.717) is 19.8 Å². The van der Waals surface area contributed by atoms with Crippen LogP contribution in [0.5, 0.6) is 0 Å². The fourth-order valence-electron chi connectivity index (χ4n) is 2.12. The third kappa shape index (κ3) is 4.27. The number of hydrogen-bond acceptors (Lipinski definition) is 4. The molecule has 0 radical (unpaired) electrons. The lowest BCUT2D eigenvalue weighted by molar-refractivity contribution is -0.143. The van der Waals surface area contributed by atoms with Gasteiger partial charge in [-0.25, -0.2) is 0 Å². The SMILES string of the molecule is CC(C)NC(=O)C1COCCN1C(C)CC(=O)O. The second-order valence-corrected chi connectivity index (χ2v) is 4.94. The molecule has 0 aromatic carbocycles. The smallest absolute Gasteiger partial charge is 0.304 e. The number of carbonyl (C=O) groups excluding carboxylic acids is 1. The summed E-state index contributed by atoms with van der Waals surface area (Å²) in [6.45, 7) is 7.07. The standard InChI is InChI=1S/C12H22N2O4/c1-8(2)13-12(17)10-7-18-5-4-14(10)9(3)6-11(15)16/h8-10H,4-7H2,1-3H3,(H,13,17)(H,15,16). The predicted molar refractivity (Wildman–Crippen MR) is 66.3 cm³/mol. The van der Waals surface area contributed by atoms with Crippen LogP contribution in [0, 0.1) is 0 Å². The molecule has 1 amide bonds. The maximum atomic E-state index is 12.0. The van der Waals surface area contributed by atoms with Crippen LogP contribution in [0.15, 0.2) is 0 Å². The van der Waals surface area contributed by atoms with E-state index in [4.69, 9.17) is 9.84 Å². The van der Waals surface area contributed by atoms with E-state index in [1.165, 1.54) is 0 Å². The first-order chi connectivity index (χ1) is 8.41. The molecule has 18 heavy (non-hydrogen) atoms. The van der Waals surface area contributed by atoms with Crippen molar-refractivity contribution in [3.05, 3.63) is 0 Å². The molecule has 0 spiro atoms. The number of morpholine rings is 1. The van der Waals surface area contributed by atoms with Gasteiger partial charge in [0.25, 0.3) is 0 Å². The molecule has 1 fully saturated rings. The average Bonchev–Trinajstić information content (AvgIpc) is 2.27. The first kappa shape index (κ1) is 14.9. The molecule has 6 heteroatoms. The minimum Gasteiger partial charge on any atom is -0.481 e. The molecule has 2 unspecified atom stereocenters. The number of carbonyl (C=O) groups is 2. The largest absolute Gasteiger partial charge is 0.481 e. The summed E-state index contributed by atoms with van der Waals surface area (Å²) in [6.07, 6.45) is 0.0332. The zero-order valence-corrected chi connectivity index (χ0v) is 11.2. The van der Waals surface area contributed by atoms with Crippen molar-refractivity contribution in [3.63, 3.8) is 0 Å². The van der Waals surface area contributed by atoms with Crippen molar-refractivity contribution in [1.29, 1.82) is 0 Å². The lowest BCUT2D eigenvalue weighted by Gasteiger charge is -2.38. The van der Waals surface area contributed by atoms with E-state index in [1.807, 2.05) is 25.7 Å². The van der Waals surface area contributed by atoms with Gasteiger partial charge in [-0.2, -0.15) is 0 Å². The number of nitrogens with zero attached hydrogens (tertiary/aromatic N) is 1. The Labute approximate surface area is 107 Å². The van der Waals surface area contributed by atoms with Crippen molar-refractivity contribution in [2.24, 2.45) is 0 Å². The Hall–Kier alpha value is -1.14. The van der Waals surface area contributed by atoms with Gasteiger partial charge in [0.2, 0.25) is 5.91 Å². The van der Waals surface area contributed by atoms with Gasteiger partial charge in [0.15, 0.2) is 0 Å². The van der Waals surface area contributed by atoms with Crippen LogP contribution >= 0.6 is 0 Å². The number of carboxylic acids is 1. The van der Waals surface area contributed by atoms with Crippen LogP contribution in [-0.4, -0.2) is 59.8 Å². The van der Waals surface area contributed by atoms with Gasteiger partial charge < -0.3 is 15.2 Å². The summed E-state index contributed by atoms with van der Waals surface area (Å²) in [7, 11) is 0. The second kappa shape index (κ2) is 6.70. The average molecular weight is 258 g/mol. The first-order valence-electron chi connectivity index (χ1n) is 6.27. The summed E-state index contributed by atoms with van der Waals surface area (Å²) in [5.74, 6) is -0.945. The monoisotopic (exact) mass is 258 g/mol. The molecule has 1 heterocycles. The highest BCUT2D eigenvalue weighted by Gasteiger charge is 2.33.